The number of benzene rings is 3. The molecule has 4 aromatic rings. The van der Waals surface area contributed by atoms with E-state index >= 15 is 0 Å². The Balaban J connectivity index is 1.50. The van der Waals surface area contributed by atoms with E-state index in [9.17, 15) is 4.79 Å². The van der Waals surface area contributed by atoms with E-state index in [-0.39, 0.29) is 23.6 Å². The Bertz CT molecular complexity index is 1650. The fraction of sp³-hybridized carbons (Fsp3) is 0.161. The molecular formula is C31H30N6O4. The van der Waals surface area contributed by atoms with Gasteiger partial charge >= 0.3 is 0 Å². The van der Waals surface area contributed by atoms with Crippen LogP contribution in [0, 0.1) is 0 Å². The number of nitrogen functional groups attached to an aromatic ring is 2. The lowest BCUT2D eigenvalue weighted by Crippen LogP contribution is -2.25. The maximum absolute atomic E-state index is 13.7. The molecule has 0 radical (unpaired) electrons. The van der Waals surface area contributed by atoms with Gasteiger partial charge in [0.15, 0.2) is 17.3 Å². The minimum Gasteiger partial charge on any atom is -0.497 e. The van der Waals surface area contributed by atoms with Crippen LogP contribution in [0.1, 0.15) is 44.2 Å². The molecule has 1 aliphatic heterocycles. The molecular weight excluding hydrogens is 520 g/mol. The highest BCUT2D eigenvalue weighted by Crippen LogP contribution is 2.37. The Morgan fingerprint density at radius 3 is 2.59 bits per heavy atom. The van der Waals surface area contributed by atoms with E-state index in [1.165, 1.54) is 20.3 Å². The quantitative estimate of drug-likeness (QED) is 0.229. The summed E-state index contributed by atoms with van der Waals surface area (Å²) in [5, 5.41) is 6.41. The van der Waals surface area contributed by atoms with E-state index in [1.54, 1.807) is 42.9 Å². The minimum absolute atomic E-state index is 0.0924. The van der Waals surface area contributed by atoms with Crippen LogP contribution < -0.4 is 25.7 Å². The third-order valence-corrected chi connectivity index (χ3v) is 6.79. The van der Waals surface area contributed by atoms with Crippen molar-refractivity contribution in [1.82, 2.24) is 15.0 Å². The monoisotopic (exact) mass is 550 g/mol. The molecule has 10 nitrogen and oxygen atoms in total. The van der Waals surface area contributed by atoms with Crippen molar-refractivity contribution in [2.75, 3.05) is 32.8 Å². The van der Waals surface area contributed by atoms with Crippen molar-refractivity contribution < 1.29 is 19.0 Å². The van der Waals surface area contributed by atoms with Gasteiger partial charge in [0.25, 0.3) is 0 Å². The summed E-state index contributed by atoms with van der Waals surface area (Å²) in [6.07, 6.45) is 6.86. The topological polar surface area (TPSA) is 138 Å². The van der Waals surface area contributed by atoms with E-state index < -0.39 is 0 Å². The molecule has 0 fully saturated rings. The van der Waals surface area contributed by atoms with Crippen LogP contribution in [0.15, 0.2) is 84.2 Å². The largest absolute Gasteiger partial charge is 0.497 e. The molecule has 1 aliphatic rings. The van der Waals surface area contributed by atoms with Crippen molar-refractivity contribution in [2.24, 2.45) is 5.10 Å². The molecule has 1 atom stereocenters. The first-order chi connectivity index (χ1) is 19.9. The van der Waals surface area contributed by atoms with Gasteiger partial charge in [0.2, 0.25) is 5.95 Å². The van der Waals surface area contributed by atoms with Gasteiger partial charge in [-0.2, -0.15) is 10.1 Å². The third kappa shape index (κ3) is 5.67. The first-order valence-corrected chi connectivity index (χ1v) is 12.8. The van der Waals surface area contributed by atoms with Gasteiger partial charge in [-0.3, -0.25) is 9.80 Å². The first-order valence-electron chi connectivity index (χ1n) is 12.8. The fourth-order valence-electron chi connectivity index (χ4n) is 4.81. The molecule has 5 rings (SSSR count). The molecule has 1 aromatic heterocycles. The lowest BCUT2D eigenvalue weighted by Gasteiger charge is -2.31. The predicted octanol–water partition coefficient (Wildman–Crippen LogP) is 4.39. The number of nitrogens with two attached hydrogens (primary N) is 2. The third-order valence-electron chi connectivity index (χ3n) is 6.79. The molecule has 2 heterocycles. The second kappa shape index (κ2) is 11.8. The Morgan fingerprint density at radius 1 is 1.00 bits per heavy atom. The second-order valence-corrected chi connectivity index (χ2v) is 9.31. The van der Waals surface area contributed by atoms with Crippen molar-refractivity contribution in [3.05, 3.63) is 113 Å². The highest BCUT2D eigenvalue weighted by atomic mass is 16.5. The summed E-state index contributed by atoms with van der Waals surface area (Å²) < 4.78 is 16.6. The van der Waals surface area contributed by atoms with Crippen LogP contribution in [0.25, 0.3) is 0 Å². The number of aromatic nitrogens is 2. The maximum atomic E-state index is 13.7. The molecule has 0 amide bonds. The van der Waals surface area contributed by atoms with Crippen LogP contribution in [-0.4, -0.2) is 48.3 Å². The number of ether oxygens (including phenoxy) is 3. The zero-order valence-corrected chi connectivity index (χ0v) is 22.9. The Kier molecular flexibility index (Phi) is 7.82. The van der Waals surface area contributed by atoms with Gasteiger partial charge in [-0.25, -0.2) is 4.98 Å². The molecule has 0 saturated heterocycles. The standard InChI is InChI=1S/C31H30N6O4/c1-39-23-9-6-8-20(16-23)28-24-10-5-4-7-21(24)18-35-37(28)12-11-26(38)25-14-19(15-27(40-2)29(25)41-3)13-22-17-34-31(33)36-30(22)32/h4-12,14-18,28H,13H2,1-3H3,(H4,32,33,34,36)/b12-11+. The number of carbonyl (C=O) groups is 1. The van der Waals surface area contributed by atoms with Crippen LogP contribution in [0.4, 0.5) is 11.8 Å². The van der Waals surface area contributed by atoms with Crippen molar-refractivity contribution in [1.29, 1.82) is 0 Å². The Morgan fingerprint density at radius 2 is 1.83 bits per heavy atom. The highest BCUT2D eigenvalue weighted by molar-refractivity contribution is 6.07. The summed E-state index contributed by atoms with van der Waals surface area (Å²) in [6.45, 7) is 0. The Hall–Kier alpha value is -5.38. The van der Waals surface area contributed by atoms with Gasteiger partial charge in [-0.1, -0.05) is 36.4 Å². The lowest BCUT2D eigenvalue weighted by molar-refractivity contribution is 0.104. The molecule has 1 unspecified atom stereocenters. The van der Waals surface area contributed by atoms with Crippen molar-refractivity contribution in [3.8, 4) is 17.2 Å². The maximum Gasteiger partial charge on any atom is 0.221 e. The summed E-state index contributed by atoms with van der Waals surface area (Å²) in [4.78, 5) is 21.7. The molecule has 10 heteroatoms. The number of nitrogens with zero attached hydrogens (tertiary/aromatic N) is 4. The number of hydrogen-bond acceptors (Lipinski definition) is 10. The fourth-order valence-corrected chi connectivity index (χ4v) is 4.81. The zero-order valence-electron chi connectivity index (χ0n) is 22.9. The summed E-state index contributed by atoms with van der Waals surface area (Å²) in [5.74, 6) is 1.54. The minimum atomic E-state index is -0.290. The number of ketones is 1. The summed E-state index contributed by atoms with van der Waals surface area (Å²) in [5.41, 5.74) is 16.5. The second-order valence-electron chi connectivity index (χ2n) is 9.31. The van der Waals surface area contributed by atoms with Crippen molar-refractivity contribution in [3.63, 3.8) is 0 Å². The van der Waals surface area contributed by atoms with E-state index in [0.29, 0.717) is 29.0 Å². The number of hydrogen-bond donors (Lipinski definition) is 2. The lowest BCUT2D eigenvalue weighted by atomic mass is 9.93. The van der Waals surface area contributed by atoms with E-state index in [0.717, 1.165) is 28.0 Å². The average Bonchev–Trinajstić information content (AvgIpc) is 3.00. The number of rotatable bonds is 9. The normalized spacial score (nSPS) is 14.1. The SMILES string of the molecule is COc1cccc(C2c3ccccc3C=NN2/C=C/C(=O)c2cc(Cc3cnc(N)nc3N)cc(OC)c2OC)c1. The molecule has 41 heavy (non-hydrogen) atoms. The molecule has 0 saturated carbocycles. The summed E-state index contributed by atoms with van der Waals surface area (Å²) >= 11 is 0. The number of allylic oxidation sites excluding steroid dienone is 1. The van der Waals surface area contributed by atoms with Crippen LogP contribution in [0.3, 0.4) is 0 Å². The number of hydrazone groups is 1. The molecule has 3 aromatic carbocycles. The van der Waals surface area contributed by atoms with Crippen molar-refractivity contribution in [2.45, 2.75) is 12.5 Å². The van der Waals surface area contributed by atoms with Gasteiger partial charge in [0.1, 0.15) is 17.6 Å². The summed E-state index contributed by atoms with van der Waals surface area (Å²) in [6, 6.07) is 19.1. The number of methoxy groups -OCH3 is 3. The number of fused-ring (bicyclic) bond motifs is 1. The van der Waals surface area contributed by atoms with Gasteiger partial charge < -0.3 is 25.7 Å². The summed E-state index contributed by atoms with van der Waals surface area (Å²) in [7, 11) is 4.65. The zero-order chi connectivity index (χ0) is 28.9. The molecule has 208 valence electrons. The molecule has 4 N–H and O–H groups in total. The van der Waals surface area contributed by atoms with Crippen LogP contribution >= 0.6 is 0 Å². The van der Waals surface area contributed by atoms with Crippen LogP contribution in [0.2, 0.25) is 0 Å². The van der Waals surface area contributed by atoms with Gasteiger partial charge in [-0.15, -0.1) is 0 Å². The van der Waals surface area contributed by atoms with Crippen molar-refractivity contribution >= 4 is 23.8 Å². The van der Waals surface area contributed by atoms with Gasteiger partial charge in [-0.05, 0) is 41.0 Å². The highest BCUT2D eigenvalue weighted by Gasteiger charge is 2.26. The van der Waals surface area contributed by atoms with E-state index in [2.05, 4.69) is 21.1 Å². The number of carbonyl (C=O) groups excluding carboxylic acids is 1. The average molecular weight is 551 g/mol. The first kappa shape index (κ1) is 27.2. The Labute approximate surface area is 237 Å². The molecule has 0 bridgehead atoms. The van der Waals surface area contributed by atoms with Gasteiger partial charge in [0, 0.05) is 36.0 Å². The van der Waals surface area contributed by atoms with Gasteiger partial charge in [0.05, 0.1) is 33.1 Å². The molecule has 0 aliphatic carbocycles. The molecule has 0 spiro atoms. The predicted molar refractivity (Wildman–Crippen MR) is 157 cm³/mol. The van der Waals surface area contributed by atoms with Crippen LogP contribution in [-0.2, 0) is 6.42 Å². The van der Waals surface area contributed by atoms with E-state index in [4.69, 9.17) is 25.7 Å². The van der Waals surface area contributed by atoms with E-state index in [1.807, 2.05) is 42.5 Å². The smallest absolute Gasteiger partial charge is 0.221 e. The van der Waals surface area contributed by atoms with Crippen LogP contribution in [0.5, 0.6) is 17.2 Å². The number of anilines is 2.